The molecular formula is C18H31N5. The van der Waals surface area contributed by atoms with E-state index in [0.29, 0.717) is 0 Å². The molecule has 0 aromatic carbocycles. The number of aromatic nitrogens is 2. The summed E-state index contributed by atoms with van der Waals surface area (Å²) in [7, 11) is 0. The smallest absolute Gasteiger partial charge is 0.132 e. The molecule has 0 amide bonds. The Kier molecular flexibility index (Phi) is 5.49. The van der Waals surface area contributed by atoms with Crippen LogP contribution < -0.4 is 4.90 Å². The summed E-state index contributed by atoms with van der Waals surface area (Å²) in [6, 6.07) is 2.03. The van der Waals surface area contributed by atoms with Crippen LogP contribution in [0.2, 0.25) is 0 Å². The van der Waals surface area contributed by atoms with Crippen molar-refractivity contribution in [1.29, 1.82) is 0 Å². The molecule has 2 aliphatic heterocycles. The maximum atomic E-state index is 4.55. The van der Waals surface area contributed by atoms with Gasteiger partial charge in [-0.15, -0.1) is 0 Å². The Morgan fingerprint density at radius 1 is 1.00 bits per heavy atom. The number of rotatable bonds is 4. The Bertz CT molecular complexity index is 488. The summed E-state index contributed by atoms with van der Waals surface area (Å²) in [6.07, 6.45) is 3.26. The Morgan fingerprint density at radius 2 is 1.65 bits per heavy atom. The Hall–Kier alpha value is -1.20. The molecular weight excluding hydrogens is 286 g/mol. The van der Waals surface area contributed by atoms with Gasteiger partial charge in [-0.25, -0.2) is 9.97 Å². The minimum absolute atomic E-state index is 0.858. The van der Waals surface area contributed by atoms with Crippen LogP contribution in [0.15, 0.2) is 12.3 Å². The quantitative estimate of drug-likeness (QED) is 0.847. The number of anilines is 1. The molecule has 2 aliphatic rings. The predicted octanol–water partition coefficient (Wildman–Crippen LogP) is 1.88. The Balaban J connectivity index is 1.42. The Labute approximate surface area is 140 Å². The van der Waals surface area contributed by atoms with Crippen molar-refractivity contribution >= 4 is 5.82 Å². The molecule has 0 radical (unpaired) electrons. The maximum absolute atomic E-state index is 4.55. The summed E-state index contributed by atoms with van der Waals surface area (Å²) in [5, 5.41) is 0. The molecule has 2 unspecified atom stereocenters. The molecule has 128 valence electrons. The number of likely N-dealkylation sites (tertiary alicyclic amines) is 1. The number of hydrogen-bond acceptors (Lipinski definition) is 5. The van der Waals surface area contributed by atoms with E-state index in [1.54, 1.807) is 0 Å². The number of aryl methyl sites for hydroxylation is 1. The molecule has 2 saturated heterocycles. The van der Waals surface area contributed by atoms with Crippen molar-refractivity contribution in [1.82, 2.24) is 19.8 Å². The van der Waals surface area contributed by atoms with Crippen LogP contribution in [0.1, 0.15) is 26.1 Å². The number of hydrogen-bond donors (Lipinski definition) is 0. The van der Waals surface area contributed by atoms with Crippen molar-refractivity contribution in [2.45, 2.75) is 27.2 Å². The van der Waals surface area contributed by atoms with Gasteiger partial charge in [0.15, 0.2) is 0 Å². The van der Waals surface area contributed by atoms with Crippen molar-refractivity contribution in [3.8, 4) is 0 Å². The van der Waals surface area contributed by atoms with Crippen molar-refractivity contribution in [2.75, 3.05) is 57.3 Å². The fourth-order valence-electron chi connectivity index (χ4n) is 4.08. The molecule has 1 aromatic rings. The van der Waals surface area contributed by atoms with Gasteiger partial charge in [-0.3, -0.25) is 4.90 Å². The fraction of sp³-hybridized carbons (Fsp3) is 0.778. The minimum atomic E-state index is 0.858. The fourth-order valence-corrected chi connectivity index (χ4v) is 4.08. The van der Waals surface area contributed by atoms with Gasteiger partial charge in [0.1, 0.15) is 11.6 Å². The van der Waals surface area contributed by atoms with E-state index in [-0.39, 0.29) is 0 Å². The van der Waals surface area contributed by atoms with E-state index in [0.717, 1.165) is 49.7 Å². The molecule has 0 aliphatic carbocycles. The van der Waals surface area contributed by atoms with Gasteiger partial charge < -0.3 is 9.80 Å². The van der Waals surface area contributed by atoms with E-state index in [1.165, 1.54) is 32.6 Å². The lowest BCUT2D eigenvalue weighted by Crippen LogP contribution is -2.50. The maximum Gasteiger partial charge on any atom is 0.132 e. The van der Waals surface area contributed by atoms with Crippen LogP contribution in [0.5, 0.6) is 0 Å². The molecule has 3 rings (SSSR count). The molecule has 0 saturated carbocycles. The highest BCUT2D eigenvalue weighted by molar-refractivity contribution is 5.37. The van der Waals surface area contributed by atoms with Gasteiger partial charge in [-0.1, -0.05) is 13.8 Å². The number of nitrogens with zero attached hydrogens (tertiary/aromatic N) is 5. The van der Waals surface area contributed by atoms with Crippen molar-refractivity contribution in [2.24, 2.45) is 11.8 Å². The predicted molar refractivity (Wildman–Crippen MR) is 94.8 cm³/mol. The SMILES string of the molecule is Cc1nccc(N2CCN(CCN3CC(C)CC(C)C3)CC2)n1. The molecule has 0 bridgehead atoms. The Morgan fingerprint density at radius 3 is 2.30 bits per heavy atom. The summed E-state index contributed by atoms with van der Waals surface area (Å²) in [6.45, 7) is 16.2. The second-order valence-electron chi connectivity index (χ2n) is 7.50. The summed E-state index contributed by atoms with van der Waals surface area (Å²) in [4.78, 5) is 16.4. The van der Waals surface area contributed by atoms with Crippen LogP contribution >= 0.6 is 0 Å². The molecule has 0 N–H and O–H groups in total. The van der Waals surface area contributed by atoms with Crippen molar-refractivity contribution < 1.29 is 0 Å². The first-order valence-corrected chi connectivity index (χ1v) is 9.09. The van der Waals surface area contributed by atoms with Crippen molar-refractivity contribution in [3.63, 3.8) is 0 Å². The second kappa shape index (κ2) is 7.58. The van der Waals surface area contributed by atoms with Crippen LogP contribution in [0, 0.1) is 18.8 Å². The molecule has 23 heavy (non-hydrogen) atoms. The van der Waals surface area contributed by atoms with Crippen LogP contribution in [0.3, 0.4) is 0 Å². The van der Waals surface area contributed by atoms with E-state index in [2.05, 4.69) is 38.5 Å². The minimum Gasteiger partial charge on any atom is -0.354 e. The lowest BCUT2D eigenvalue weighted by Gasteiger charge is -2.39. The van der Waals surface area contributed by atoms with Crippen LogP contribution in [0.25, 0.3) is 0 Å². The zero-order chi connectivity index (χ0) is 16.2. The zero-order valence-corrected chi connectivity index (χ0v) is 14.9. The van der Waals surface area contributed by atoms with Gasteiger partial charge in [0, 0.05) is 58.6 Å². The average molecular weight is 317 g/mol. The molecule has 5 nitrogen and oxygen atoms in total. The van der Waals surface area contributed by atoms with Gasteiger partial charge in [0.05, 0.1) is 0 Å². The van der Waals surface area contributed by atoms with E-state index >= 15 is 0 Å². The molecule has 0 spiro atoms. The highest BCUT2D eigenvalue weighted by atomic mass is 15.3. The van der Waals surface area contributed by atoms with Crippen molar-refractivity contribution in [3.05, 3.63) is 18.1 Å². The number of piperidine rings is 1. The molecule has 2 fully saturated rings. The van der Waals surface area contributed by atoms with E-state index in [1.807, 2.05) is 19.2 Å². The summed E-state index contributed by atoms with van der Waals surface area (Å²) < 4.78 is 0. The highest BCUT2D eigenvalue weighted by Crippen LogP contribution is 2.20. The van der Waals surface area contributed by atoms with Gasteiger partial charge in [0.2, 0.25) is 0 Å². The van der Waals surface area contributed by atoms with Crippen LogP contribution in [-0.2, 0) is 0 Å². The van der Waals surface area contributed by atoms with Gasteiger partial charge >= 0.3 is 0 Å². The standard InChI is InChI=1S/C18H31N5/c1-15-12-16(2)14-22(13-15)7-6-21-8-10-23(11-9-21)18-4-5-19-17(3)20-18/h4-5,15-16H,6-14H2,1-3H3. The van der Waals surface area contributed by atoms with Gasteiger partial charge in [-0.05, 0) is 31.2 Å². The first-order chi connectivity index (χ1) is 11.1. The number of piperazine rings is 1. The van der Waals surface area contributed by atoms with Gasteiger partial charge in [-0.2, -0.15) is 0 Å². The van der Waals surface area contributed by atoms with E-state index in [9.17, 15) is 0 Å². The van der Waals surface area contributed by atoms with Crippen LogP contribution in [0.4, 0.5) is 5.82 Å². The first-order valence-electron chi connectivity index (χ1n) is 9.09. The average Bonchev–Trinajstić information content (AvgIpc) is 2.52. The zero-order valence-electron chi connectivity index (χ0n) is 14.9. The third-order valence-electron chi connectivity index (χ3n) is 5.13. The van der Waals surface area contributed by atoms with Crippen LogP contribution in [-0.4, -0.2) is 72.1 Å². The lowest BCUT2D eigenvalue weighted by molar-refractivity contribution is 0.120. The molecule has 2 atom stereocenters. The van der Waals surface area contributed by atoms with Gasteiger partial charge in [0.25, 0.3) is 0 Å². The summed E-state index contributed by atoms with van der Waals surface area (Å²) >= 11 is 0. The van der Waals surface area contributed by atoms with E-state index < -0.39 is 0 Å². The largest absolute Gasteiger partial charge is 0.354 e. The molecule has 5 heteroatoms. The second-order valence-corrected chi connectivity index (χ2v) is 7.50. The monoisotopic (exact) mass is 317 g/mol. The summed E-state index contributed by atoms with van der Waals surface area (Å²) in [5.41, 5.74) is 0. The third-order valence-corrected chi connectivity index (χ3v) is 5.13. The normalized spacial score (nSPS) is 27.3. The highest BCUT2D eigenvalue weighted by Gasteiger charge is 2.23. The summed E-state index contributed by atoms with van der Waals surface area (Å²) in [5.74, 6) is 3.65. The molecule has 3 heterocycles. The topological polar surface area (TPSA) is 35.5 Å². The lowest BCUT2D eigenvalue weighted by atomic mass is 9.92. The third kappa shape index (κ3) is 4.64. The van der Waals surface area contributed by atoms with E-state index in [4.69, 9.17) is 0 Å². The molecule has 1 aromatic heterocycles. The first kappa shape index (κ1) is 16.7.